The van der Waals surface area contributed by atoms with Gasteiger partial charge < -0.3 is 14.9 Å². The lowest BCUT2D eigenvalue weighted by Gasteiger charge is -2.19. The summed E-state index contributed by atoms with van der Waals surface area (Å²) in [5, 5.41) is 20.0. The Kier molecular flexibility index (Phi) is 5.38. The number of hydrogen-bond donors (Lipinski definition) is 2. The number of allylic oxidation sites excluding steroid dienone is 2. The molecule has 0 spiro atoms. The zero-order valence-electron chi connectivity index (χ0n) is 11.9. The molecule has 0 unspecified atom stereocenters. The van der Waals surface area contributed by atoms with Crippen molar-refractivity contribution < 1.29 is 19.7 Å². The Morgan fingerprint density at radius 2 is 2.05 bits per heavy atom. The highest BCUT2D eigenvalue weighted by atomic mass is 16.5. The van der Waals surface area contributed by atoms with Gasteiger partial charge in [-0.1, -0.05) is 12.2 Å². The van der Waals surface area contributed by atoms with E-state index in [9.17, 15) is 15.0 Å². The standard InChI is InChI=1S/C16H24O4/c1-11-5-3-2-4-6-12-9-13(17)10-14(12)15(18)7-8-16(19)20-11/h4,6-8,11-15,17-18H,2-3,5,9-10H2,1H3/b6-4-,8-7-/t11-,12+,13-,14+,15+/m1/s1. The smallest absolute Gasteiger partial charge is 0.330 e. The van der Waals surface area contributed by atoms with E-state index in [-0.39, 0.29) is 24.0 Å². The van der Waals surface area contributed by atoms with Crippen molar-refractivity contribution in [1.82, 2.24) is 0 Å². The second kappa shape index (κ2) is 7.04. The maximum atomic E-state index is 11.6. The molecule has 2 aliphatic rings. The van der Waals surface area contributed by atoms with Crippen LogP contribution in [-0.4, -0.2) is 34.5 Å². The van der Waals surface area contributed by atoms with Crippen molar-refractivity contribution in [3.05, 3.63) is 24.3 Å². The Labute approximate surface area is 120 Å². The van der Waals surface area contributed by atoms with Crippen LogP contribution in [0.2, 0.25) is 0 Å². The van der Waals surface area contributed by atoms with Gasteiger partial charge in [-0.2, -0.15) is 0 Å². The third-order valence-corrected chi connectivity index (χ3v) is 4.19. The molecule has 1 saturated carbocycles. The van der Waals surface area contributed by atoms with Crippen LogP contribution in [0.3, 0.4) is 0 Å². The second-order valence-corrected chi connectivity index (χ2v) is 5.91. The second-order valence-electron chi connectivity index (χ2n) is 5.91. The van der Waals surface area contributed by atoms with Crippen LogP contribution in [0.25, 0.3) is 0 Å². The van der Waals surface area contributed by atoms with E-state index in [1.807, 2.05) is 6.92 Å². The molecule has 112 valence electrons. The Bertz CT molecular complexity index is 388. The molecule has 1 aliphatic carbocycles. The minimum absolute atomic E-state index is 0.0246. The lowest BCUT2D eigenvalue weighted by Crippen LogP contribution is -2.21. The first kappa shape index (κ1) is 15.3. The van der Waals surface area contributed by atoms with Crippen LogP contribution in [-0.2, 0) is 9.53 Å². The van der Waals surface area contributed by atoms with E-state index in [2.05, 4.69) is 12.2 Å². The highest BCUT2D eigenvalue weighted by Crippen LogP contribution is 2.36. The summed E-state index contributed by atoms with van der Waals surface area (Å²) in [6.07, 6.45) is 9.87. The van der Waals surface area contributed by atoms with E-state index in [1.165, 1.54) is 12.2 Å². The molecule has 0 aromatic heterocycles. The molecule has 5 atom stereocenters. The van der Waals surface area contributed by atoms with Crippen LogP contribution in [0.4, 0.5) is 0 Å². The van der Waals surface area contributed by atoms with Crippen molar-refractivity contribution in [3.63, 3.8) is 0 Å². The van der Waals surface area contributed by atoms with Gasteiger partial charge in [0.25, 0.3) is 0 Å². The number of cyclic esters (lactones) is 1. The number of esters is 1. The fourth-order valence-corrected chi connectivity index (χ4v) is 3.10. The maximum Gasteiger partial charge on any atom is 0.330 e. The summed E-state index contributed by atoms with van der Waals surface area (Å²) in [6, 6.07) is 0. The Morgan fingerprint density at radius 1 is 1.25 bits per heavy atom. The van der Waals surface area contributed by atoms with E-state index in [0.29, 0.717) is 12.8 Å². The van der Waals surface area contributed by atoms with Gasteiger partial charge in [-0.25, -0.2) is 4.79 Å². The molecule has 2 rings (SSSR count). The van der Waals surface area contributed by atoms with Crippen LogP contribution in [0.15, 0.2) is 24.3 Å². The highest BCUT2D eigenvalue weighted by molar-refractivity contribution is 5.82. The summed E-state index contributed by atoms with van der Waals surface area (Å²) >= 11 is 0. The predicted octanol–water partition coefficient (Wildman–Crippen LogP) is 1.96. The van der Waals surface area contributed by atoms with Gasteiger partial charge in [-0.3, -0.25) is 0 Å². The molecule has 0 aromatic rings. The molecule has 20 heavy (non-hydrogen) atoms. The summed E-state index contributed by atoms with van der Waals surface area (Å²) in [4.78, 5) is 11.6. The third-order valence-electron chi connectivity index (χ3n) is 4.19. The number of aliphatic hydroxyl groups is 2. The van der Waals surface area contributed by atoms with Crippen LogP contribution < -0.4 is 0 Å². The topological polar surface area (TPSA) is 66.8 Å². The van der Waals surface area contributed by atoms with Gasteiger partial charge in [0.2, 0.25) is 0 Å². The van der Waals surface area contributed by atoms with Crippen LogP contribution in [0, 0.1) is 11.8 Å². The highest BCUT2D eigenvalue weighted by Gasteiger charge is 2.35. The lowest BCUT2D eigenvalue weighted by molar-refractivity contribution is -0.142. The van der Waals surface area contributed by atoms with E-state index >= 15 is 0 Å². The van der Waals surface area contributed by atoms with Gasteiger partial charge in [-0.15, -0.1) is 0 Å². The van der Waals surface area contributed by atoms with Gasteiger partial charge >= 0.3 is 5.97 Å². The van der Waals surface area contributed by atoms with Crippen molar-refractivity contribution in [2.24, 2.45) is 11.8 Å². The third kappa shape index (κ3) is 4.18. The molecule has 0 saturated heterocycles. The maximum absolute atomic E-state index is 11.6. The summed E-state index contributed by atoms with van der Waals surface area (Å²) in [7, 11) is 0. The van der Waals surface area contributed by atoms with E-state index < -0.39 is 12.1 Å². The molecule has 0 aromatic carbocycles. The minimum Gasteiger partial charge on any atom is -0.460 e. The zero-order chi connectivity index (χ0) is 14.5. The Morgan fingerprint density at radius 3 is 2.85 bits per heavy atom. The molecular formula is C16H24O4. The van der Waals surface area contributed by atoms with Crippen molar-refractivity contribution in [2.75, 3.05) is 0 Å². The molecule has 4 nitrogen and oxygen atoms in total. The normalized spacial score (nSPS) is 42.5. The fourth-order valence-electron chi connectivity index (χ4n) is 3.10. The molecule has 0 radical (unpaired) electrons. The van der Waals surface area contributed by atoms with Gasteiger partial charge in [0.15, 0.2) is 0 Å². The monoisotopic (exact) mass is 280 g/mol. The number of aliphatic hydroxyl groups excluding tert-OH is 2. The van der Waals surface area contributed by atoms with Gasteiger partial charge in [0.05, 0.1) is 18.3 Å². The van der Waals surface area contributed by atoms with Crippen molar-refractivity contribution in [2.45, 2.75) is 57.3 Å². The molecule has 1 aliphatic heterocycles. The Balaban J connectivity index is 2.11. The number of rotatable bonds is 0. The minimum atomic E-state index is -0.717. The molecule has 1 fully saturated rings. The van der Waals surface area contributed by atoms with E-state index in [0.717, 1.165) is 19.3 Å². The molecule has 4 heteroatoms. The van der Waals surface area contributed by atoms with Gasteiger partial charge in [-0.05, 0) is 56.9 Å². The van der Waals surface area contributed by atoms with Gasteiger partial charge in [0, 0.05) is 6.08 Å². The molecule has 0 bridgehead atoms. The number of carbonyl (C=O) groups excluding carboxylic acids is 1. The average molecular weight is 280 g/mol. The average Bonchev–Trinajstić information content (AvgIpc) is 2.76. The van der Waals surface area contributed by atoms with E-state index in [1.54, 1.807) is 0 Å². The van der Waals surface area contributed by atoms with Gasteiger partial charge in [0.1, 0.15) is 0 Å². The first-order valence-corrected chi connectivity index (χ1v) is 7.48. The summed E-state index contributed by atoms with van der Waals surface area (Å²) in [6.45, 7) is 1.89. The number of fused-ring (bicyclic) bond motifs is 1. The predicted molar refractivity (Wildman–Crippen MR) is 75.9 cm³/mol. The Hall–Kier alpha value is -1.13. The number of carbonyl (C=O) groups is 1. The lowest BCUT2D eigenvalue weighted by atomic mass is 9.90. The van der Waals surface area contributed by atoms with Crippen molar-refractivity contribution >= 4 is 5.97 Å². The zero-order valence-corrected chi connectivity index (χ0v) is 11.9. The number of hydrogen-bond acceptors (Lipinski definition) is 4. The van der Waals surface area contributed by atoms with Crippen molar-refractivity contribution in [1.29, 1.82) is 0 Å². The first-order chi connectivity index (χ1) is 9.56. The van der Waals surface area contributed by atoms with Crippen molar-refractivity contribution in [3.8, 4) is 0 Å². The largest absolute Gasteiger partial charge is 0.460 e. The van der Waals surface area contributed by atoms with E-state index in [4.69, 9.17) is 4.74 Å². The summed E-state index contributed by atoms with van der Waals surface area (Å²) in [5.74, 6) is -0.249. The number of ether oxygens (including phenoxy) is 1. The summed E-state index contributed by atoms with van der Waals surface area (Å²) < 4.78 is 5.23. The van der Waals surface area contributed by atoms with Crippen LogP contribution in [0.5, 0.6) is 0 Å². The molecule has 0 amide bonds. The SMILES string of the molecule is C[C@@H]1CCC/C=C\[C@H]2C[C@@H](O)C[C@@H]2[C@@H](O)/C=C\C(=O)O1. The van der Waals surface area contributed by atoms with Crippen LogP contribution in [0.1, 0.15) is 39.0 Å². The summed E-state index contributed by atoms with van der Waals surface area (Å²) in [5.41, 5.74) is 0. The van der Waals surface area contributed by atoms with Crippen LogP contribution >= 0.6 is 0 Å². The molecular weight excluding hydrogens is 256 g/mol. The quantitative estimate of drug-likeness (QED) is 0.526. The first-order valence-electron chi connectivity index (χ1n) is 7.48. The fraction of sp³-hybridized carbons (Fsp3) is 0.688. The molecule has 1 heterocycles. The molecule has 2 N–H and O–H groups in total.